The maximum atomic E-state index is 16.0. The van der Waals surface area contributed by atoms with E-state index >= 15 is 57.5 Å². The summed E-state index contributed by atoms with van der Waals surface area (Å²) in [5.41, 5.74) is 74.2. The number of primary amides is 3. The Kier molecular flexibility index (Phi) is 50.8. The van der Waals surface area contributed by atoms with Gasteiger partial charge in [0.2, 0.25) is 76.8 Å². The SMILES string of the molecule is NCCCC[C@H]1NC(=O)[C@H](CCCNC(N)=O)NC(=O)[C@@H](Cc2ccc(O)cc2)NC(=O)[C@H](NC(=O)[C@@H](NC(=O)[C@H](CCCN=C(N)N)NC(=O)[C@@H](N)CCCN=C(N)N)c2ccc3ccccc3c2)CSSC[C@H](C(=O)N[C@@H](CCCN=C(N)N)C(=O)O)NC(=O)[C@H](CCCNC(N)=O)NC(=O)[C@H](CCCN=C(N)N)NC(=O)[C@H](Cc2ccc(O)cc2)NC(=O)[C@H]2CCCN2C(=O)[C@H](CCCNC(N)=O)NC1=O. The molecule has 0 unspecified atom stereocenters. The lowest BCUT2D eigenvalue weighted by molar-refractivity contribution is -0.142. The van der Waals surface area contributed by atoms with E-state index in [9.17, 15) is 39.3 Å². The first kappa shape index (κ1) is 118. The average molecular weight is 2050 g/mol. The number of guanidine groups is 4. The fraction of sp³-hybridized carbons (Fsp3) is 0.517. The largest absolute Gasteiger partial charge is 0.508 e. The van der Waals surface area contributed by atoms with E-state index in [1.54, 1.807) is 36.4 Å². The van der Waals surface area contributed by atoms with Crippen molar-refractivity contribution in [2.45, 2.75) is 219 Å². The Morgan fingerprint density at radius 3 is 1.32 bits per heavy atom. The van der Waals surface area contributed by atoms with Gasteiger partial charge >= 0.3 is 24.1 Å². The number of carboxylic acids is 1. The molecule has 2 aliphatic heterocycles. The number of aromatic hydroxyl groups is 2. The highest BCUT2D eigenvalue weighted by Crippen LogP contribution is 2.28. The van der Waals surface area contributed by atoms with Gasteiger partial charge in [0.25, 0.3) is 0 Å². The van der Waals surface area contributed by atoms with Gasteiger partial charge in [0, 0.05) is 76.7 Å². The van der Waals surface area contributed by atoms with Crippen molar-refractivity contribution in [3.8, 4) is 11.5 Å². The number of nitrogens with one attached hydrogen (secondary N) is 15. The van der Waals surface area contributed by atoms with Crippen LogP contribution in [0.5, 0.6) is 11.5 Å². The number of carbonyl (C=O) groups excluding carboxylic acids is 16. The molecule has 0 aromatic heterocycles. The molecule has 0 bridgehead atoms. The molecule has 4 aromatic carbocycles. The maximum Gasteiger partial charge on any atom is 0.326 e. The lowest BCUT2D eigenvalue weighted by Crippen LogP contribution is -2.61. The number of phenolic OH excluding ortho intramolecular Hbond substituents is 2. The molecule has 0 aliphatic carbocycles. The first-order chi connectivity index (χ1) is 68.6. The second-order valence-electron chi connectivity index (χ2n) is 34.0. The van der Waals surface area contributed by atoms with E-state index in [0.29, 0.717) is 37.9 Å². The Balaban J connectivity index is 1.63. The number of nitrogens with zero attached hydrogens (tertiary/aromatic N) is 5. The van der Waals surface area contributed by atoms with E-state index in [2.05, 4.69) is 99.7 Å². The minimum absolute atomic E-state index is 0.0158. The molecule has 2 saturated heterocycles. The third-order valence-corrected chi connectivity index (χ3v) is 25.1. The Morgan fingerprint density at radius 1 is 0.424 bits per heavy atom. The van der Waals surface area contributed by atoms with Crippen LogP contribution in [0.3, 0.4) is 0 Å². The molecule has 0 radical (unpaired) electrons. The van der Waals surface area contributed by atoms with Gasteiger partial charge in [-0.3, -0.25) is 82.3 Å². The van der Waals surface area contributed by atoms with Gasteiger partial charge in [-0.1, -0.05) is 82.3 Å². The predicted molar refractivity (Wildman–Crippen MR) is 538 cm³/mol. The molecule has 2 fully saturated rings. The molecule has 19 amide bonds. The molecule has 4 aromatic rings. The zero-order chi connectivity index (χ0) is 106. The van der Waals surface area contributed by atoms with Gasteiger partial charge in [-0.05, 0) is 186 Å². The first-order valence-corrected chi connectivity index (χ1v) is 49.3. The number of phenols is 2. The van der Waals surface area contributed by atoms with E-state index < -0.39 is 210 Å². The third kappa shape index (κ3) is 43.1. The Hall–Kier alpha value is -15.2. The van der Waals surface area contributed by atoms with Gasteiger partial charge in [0.05, 0.1) is 6.04 Å². The molecule has 14 atom stereocenters. The number of hydrogen-bond donors (Lipinski definition) is 31. The average Bonchev–Trinajstić information content (AvgIpc) is 1.61. The summed E-state index contributed by atoms with van der Waals surface area (Å²) in [6, 6.07) is -4.20. The molecule has 6 rings (SSSR count). The molecule has 0 spiro atoms. The summed E-state index contributed by atoms with van der Waals surface area (Å²) in [6.45, 7) is -0.933. The zero-order valence-corrected chi connectivity index (χ0v) is 81.3. The highest BCUT2D eigenvalue weighted by atomic mass is 33.1. The minimum atomic E-state index is -1.95. The van der Waals surface area contributed by atoms with Crippen LogP contribution in [0.1, 0.15) is 145 Å². The van der Waals surface area contributed by atoms with Crippen LogP contribution in [-0.2, 0) is 80.0 Å². The Labute approximate surface area is 837 Å². The summed E-state index contributed by atoms with van der Waals surface area (Å²) < 4.78 is 0. The number of aliphatic carboxylic acids is 1. The predicted octanol–water partition coefficient (Wildman–Crippen LogP) is -7.29. The summed E-state index contributed by atoms with van der Waals surface area (Å²) in [5, 5.41) is 71.9. The lowest BCUT2D eigenvalue weighted by atomic mass is 10.00. The number of aliphatic imine (C=N–C) groups is 4. The monoisotopic (exact) mass is 2050 g/mol. The number of amides is 19. The van der Waals surface area contributed by atoms with Crippen molar-refractivity contribution in [2.75, 3.05) is 70.4 Å². The van der Waals surface area contributed by atoms with Crippen molar-refractivity contribution in [1.29, 1.82) is 0 Å². The molecule has 2 heterocycles. The number of nitrogens with two attached hydrogens (primary N) is 13. The van der Waals surface area contributed by atoms with Gasteiger partial charge in [-0.25, -0.2) is 19.2 Å². The van der Waals surface area contributed by atoms with Crippen LogP contribution in [0.15, 0.2) is 111 Å². The minimum Gasteiger partial charge on any atom is -0.508 e. The quantitative estimate of drug-likeness (QED) is 0.00846. The standard InChI is InChI=1S/C89H137N33O20S2/c90-34-4-3-16-56-72(128)115-61(21-10-41-109-89(102)142)81(137)122-42-12-23-67(122)79(135)118-64(44-49-26-32-54(124)33-27-49)76(132)114-57(17-6-36-104-84(94)95)71(127)112-59(20-9-40-108-88(101)141)73(129)119-65(77(133)116-62(82(138)139)22-11-38-106-86(98)99)46-143-144-47-66(78(134)117-63(43-48-24-30-53(123)31-25-48)75(131)113-58(70(126)111-56)19-8-39-107-87(100)140)120-80(136)68(52-29-28-50-13-1-2-14-51(50)45-52)121-74(130)60(18-7-37-105-85(96)97)110-69(125)55(91)15-5-35-103-83(92)93/h1-2,13-14,24-33,45,55-68,123-124H,3-12,15-23,34-44,46-47,90-91H2,(H,110,125)(H,111,126)(H,112,127)(H,113,131)(H,114,132)(H,115,128)(H,116,133)(H,117,134)(H,118,135)(H,119,129)(H,120,136)(H,121,130)(H,138,139)(H4,92,93,103)(H4,94,95,104)(H4,96,97,105)(H4,98,99,106)(H3,100,107,140)(H3,101,108,141)(H3,102,109,142)/t55-,56+,57-,58-,59-,60-,61-,62-,63+,64-,65+,66+,67+,68-/m0/s1. The van der Waals surface area contributed by atoms with Crippen LogP contribution in [0.4, 0.5) is 14.4 Å². The van der Waals surface area contributed by atoms with Gasteiger partial charge in [-0.2, -0.15) is 0 Å². The summed E-state index contributed by atoms with van der Waals surface area (Å²) >= 11 is 0. The highest BCUT2D eigenvalue weighted by molar-refractivity contribution is 8.76. The number of hydrogen-bond acceptors (Lipinski definition) is 27. The van der Waals surface area contributed by atoms with Crippen molar-refractivity contribution in [3.63, 3.8) is 0 Å². The molecule has 53 nitrogen and oxygen atoms in total. The molecule has 2 aliphatic rings. The molecule has 44 N–H and O–H groups in total. The van der Waals surface area contributed by atoms with Crippen LogP contribution < -0.4 is 154 Å². The number of benzene rings is 4. The summed E-state index contributed by atoms with van der Waals surface area (Å²) in [4.78, 5) is 266. The van der Waals surface area contributed by atoms with Crippen molar-refractivity contribution in [1.82, 2.24) is 84.7 Å². The van der Waals surface area contributed by atoms with E-state index in [1.165, 1.54) is 54.6 Å². The fourth-order valence-corrected chi connectivity index (χ4v) is 17.6. The van der Waals surface area contributed by atoms with E-state index in [-0.39, 0.29) is 227 Å². The number of carbonyl (C=O) groups is 17. The molecule has 55 heteroatoms. The van der Waals surface area contributed by atoms with E-state index in [4.69, 9.17) is 74.5 Å². The first-order valence-electron chi connectivity index (χ1n) is 46.8. The van der Waals surface area contributed by atoms with Crippen molar-refractivity contribution in [3.05, 3.63) is 108 Å². The van der Waals surface area contributed by atoms with Crippen LogP contribution >= 0.6 is 21.6 Å². The molecule has 0 saturated carbocycles. The molecule has 144 heavy (non-hydrogen) atoms. The maximum absolute atomic E-state index is 16.0. The third-order valence-electron chi connectivity index (χ3n) is 22.7. The normalized spacial score (nSPS) is 20.1. The number of urea groups is 3. The fourth-order valence-electron chi connectivity index (χ4n) is 15.2. The summed E-state index contributed by atoms with van der Waals surface area (Å²) in [5.74, 6) is -18.2. The highest BCUT2D eigenvalue weighted by Gasteiger charge is 2.43. The summed E-state index contributed by atoms with van der Waals surface area (Å²) in [6.07, 6.45) is -2.69. The van der Waals surface area contributed by atoms with Crippen LogP contribution in [-0.4, -0.2) is 294 Å². The van der Waals surface area contributed by atoms with Crippen molar-refractivity contribution < 1.29 is 96.8 Å². The van der Waals surface area contributed by atoms with Gasteiger partial charge < -0.3 is 175 Å². The van der Waals surface area contributed by atoms with Crippen molar-refractivity contribution in [2.24, 2.45) is 94.5 Å². The molecular formula is C89H137N33O20S2. The second kappa shape index (κ2) is 62.2. The Bertz CT molecular complexity index is 5130. The molecular weight excluding hydrogens is 1920 g/mol. The lowest BCUT2D eigenvalue weighted by Gasteiger charge is -2.31. The van der Waals surface area contributed by atoms with Crippen LogP contribution in [0, 0.1) is 0 Å². The van der Waals surface area contributed by atoms with Gasteiger partial charge in [0.1, 0.15) is 90.0 Å². The number of fused-ring (bicyclic) bond motifs is 2. The van der Waals surface area contributed by atoms with Gasteiger partial charge in [0.15, 0.2) is 23.8 Å². The number of unbranched alkanes of at least 4 members (excludes halogenated alkanes) is 1. The topological polar surface area (TPSA) is 922 Å². The van der Waals surface area contributed by atoms with Gasteiger partial charge in [-0.15, -0.1) is 0 Å². The van der Waals surface area contributed by atoms with Crippen molar-refractivity contribution >= 4 is 157 Å². The zero-order valence-electron chi connectivity index (χ0n) is 79.7. The number of rotatable bonds is 46. The second-order valence-corrected chi connectivity index (χ2v) is 36.6. The smallest absolute Gasteiger partial charge is 0.326 e. The van der Waals surface area contributed by atoms with E-state index in [0.717, 1.165) is 4.90 Å². The molecule has 790 valence electrons. The van der Waals surface area contributed by atoms with E-state index in [1.807, 2.05) is 0 Å². The number of carboxylic acid groups (broad SMARTS) is 1. The summed E-state index contributed by atoms with van der Waals surface area (Å²) in [7, 11) is 1.43. The van der Waals surface area contributed by atoms with Crippen LogP contribution in [0.25, 0.3) is 10.8 Å². The van der Waals surface area contributed by atoms with Crippen LogP contribution in [0.2, 0.25) is 0 Å². The Morgan fingerprint density at radius 2 is 0.840 bits per heavy atom.